The number of aliphatic hydroxyl groups is 1. The second kappa shape index (κ2) is 6.52. The van der Waals surface area contributed by atoms with E-state index in [4.69, 9.17) is 0 Å². The van der Waals surface area contributed by atoms with E-state index in [1.165, 1.54) is 11.1 Å². The Morgan fingerprint density at radius 1 is 1.20 bits per heavy atom. The molecule has 130 valence electrons. The third-order valence-electron chi connectivity index (χ3n) is 5.60. The average molecular weight is 336 g/mol. The monoisotopic (exact) mass is 336 g/mol. The van der Waals surface area contributed by atoms with Crippen molar-refractivity contribution in [3.05, 3.63) is 54.1 Å². The molecule has 0 unspecified atom stereocenters. The van der Waals surface area contributed by atoms with Crippen LogP contribution in [0, 0.1) is 5.92 Å². The van der Waals surface area contributed by atoms with Crippen molar-refractivity contribution in [3.8, 4) is 11.1 Å². The van der Waals surface area contributed by atoms with Crippen molar-refractivity contribution >= 4 is 11.6 Å². The molecule has 0 saturated carbocycles. The lowest BCUT2D eigenvalue weighted by Gasteiger charge is -2.39. The van der Waals surface area contributed by atoms with Crippen LogP contribution in [-0.4, -0.2) is 35.1 Å². The maximum absolute atomic E-state index is 12.5. The van der Waals surface area contributed by atoms with E-state index in [1.807, 2.05) is 30.0 Å². The molecule has 0 radical (unpaired) electrons. The third kappa shape index (κ3) is 2.71. The predicted molar refractivity (Wildman–Crippen MR) is 99.2 cm³/mol. The summed E-state index contributed by atoms with van der Waals surface area (Å²) in [6.45, 7) is 2.78. The van der Waals surface area contributed by atoms with Crippen LogP contribution in [0.2, 0.25) is 0 Å². The molecular weight excluding hydrogens is 312 g/mol. The highest BCUT2D eigenvalue weighted by Crippen LogP contribution is 2.47. The number of carbonyl (C=O) groups excluding carboxylic acids is 1. The summed E-state index contributed by atoms with van der Waals surface area (Å²) in [4.78, 5) is 14.5. The first-order chi connectivity index (χ1) is 12.2. The summed E-state index contributed by atoms with van der Waals surface area (Å²) in [7, 11) is 0. The number of nitrogens with zero attached hydrogens (tertiary/aromatic N) is 1. The molecule has 1 fully saturated rings. The minimum atomic E-state index is 0.00901. The minimum Gasteiger partial charge on any atom is -0.394 e. The van der Waals surface area contributed by atoms with Crippen molar-refractivity contribution in [1.82, 2.24) is 4.90 Å². The normalized spacial score (nSPS) is 24.4. The Labute approximate surface area is 148 Å². The first-order valence-corrected chi connectivity index (χ1v) is 9.09. The number of fused-ring (bicyclic) bond motifs is 3. The highest BCUT2D eigenvalue weighted by molar-refractivity contribution is 5.78. The van der Waals surface area contributed by atoms with Gasteiger partial charge in [0.15, 0.2) is 0 Å². The Balaban J connectivity index is 1.79. The lowest BCUT2D eigenvalue weighted by molar-refractivity contribution is -0.132. The van der Waals surface area contributed by atoms with E-state index in [0.717, 1.165) is 24.2 Å². The molecule has 0 aromatic heterocycles. The number of carbonyl (C=O) groups is 1. The molecule has 2 aromatic carbocycles. The first-order valence-electron chi connectivity index (χ1n) is 9.09. The van der Waals surface area contributed by atoms with Gasteiger partial charge in [-0.15, -0.1) is 0 Å². The maximum Gasteiger partial charge on any atom is 0.222 e. The zero-order valence-corrected chi connectivity index (χ0v) is 14.5. The topological polar surface area (TPSA) is 52.6 Å². The van der Waals surface area contributed by atoms with E-state index in [0.29, 0.717) is 6.42 Å². The lowest BCUT2D eigenvalue weighted by Crippen LogP contribution is -2.42. The van der Waals surface area contributed by atoms with Gasteiger partial charge < -0.3 is 15.3 Å². The smallest absolute Gasteiger partial charge is 0.222 e. The Kier molecular flexibility index (Phi) is 4.22. The van der Waals surface area contributed by atoms with Crippen LogP contribution in [0.3, 0.4) is 0 Å². The zero-order valence-electron chi connectivity index (χ0n) is 14.5. The molecule has 1 saturated heterocycles. The van der Waals surface area contributed by atoms with Crippen molar-refractivity contribution < 1.29 is 9.90 Å². The van der Waals surface area contributed by atoms with Crippen molar-refractivity contribution in [2.45, 2.75) is 31.8 Å². The van der Waals surface area contributed by atoms with Crippen LogP contribution in [0.1, 0.15) is 31.4 Å². The molecular formula is C21H24N2O2. The quantitative estimate of drug-likeness (QED) is 0.903. The van der Waals surface area contributed by atoms with Gasteiger partial charge in [-0.1, -0.05) is 43.3 Å². The Morgan fingerprint density at radius 3 is 2.72 bits per heavy atom. The third-order valence-corrected chi connectivity index (χ3v) is 5.60. The van der Waals surface area contributed by atoms with Gasteiger partial charge in [0.2, 0.25) is 5.91 Å². The SMILES string of the molecule is CCC(=O)N1CC[C@@H]2[C@H]1c1cc(-c3ccccc3)ccc1N[C@@H]2CO. The van der Waals surface area contributed by atoms with Gasteiger partial charge in [-0.3, -0.25) is 4.79 Å². The van der Waals surface area contributed by atoms with E-state index >= 15 is 0 Å². The summed E-state index contributed by atoms with van der Waals surface area (Å²) in [5.74, 6) is 0.459. The minimum absolute atomic E-state index is 0.00901. The molecule has 4 heteroatoms. The molecule has 4 rings (SSSR count). The maximum atomic E-state index is 12.5. The fraction of sp³-hybridized carbons (Fsp3) is 0.381. The van der Waals surface area contributed by atoms with Gasteiger partial charge >= 0.3 is 0 Å². The van der Waals surface area contributed by atoms with Crippen molar-refractivity contribution in [1.29, 1.82) is 0 Å². The fourth-order valence-corrected chi connectivity index (χ4v) is 4.36. The number of aliphatic hydroxyl groups excluding tert-OH is 1. The van der Waals surface area contributed by atoms with Crippen LogP contribution < -0.4 is 5.32 Å². The van der Waals surface area contributed by atoms with Gasteiger partial charge in [0, 0.05) is 24.6 Å². The van der Waals surface area contributed by atoms with Crippen LogP contribution in [0.4, 0.5) is 5.69 Å². The summed E-state index contributed by atoms with van der Waals surface area (Å²) in [5, 5.41) is 13.3. The highest BCUT2D eigenvalue weighted by Gasteiger charge is 2.45. The molecule has 2 aromatic rings. The molecule has 0 bridgehead atoms. The van der Waals surface area contributed by atoms with Crippen LogP contribution in [0.25, 0.3) is 11.1 Å². The van der Waals surface area contributed by atoms with Gasteiger partial charge in [0.25, 0.3) is 0 Å². The van der Waals surface area contributed by atoms with E-state index in [9.17, 15) is 9.90 Å². The average Bonchev–Trinajstić information content (AvgIpc) is 3.12. The van der Waals surface area contributed by atoms with Crippen LogP contribution >= 0.6 is 0 Å². The second-order valence-corrected chi connectivity index (χ2v) is 6.94. The standard InChI is InChI=1S/C21H24N2O2/c1-2-20(25)23-11-10-16-19(13-24)22-18-9-8-15(12-17(18)21(16)23)14-6-4-3-5-7-14/h3-9,12,16,19,21-22,24H,2,10-11,13H2,1H3/t16-,19+,21-/m0/s1. The second-order valence-electron chi connectivity index (χ2n) is 6.94. The van der Waals surface area contributed by atoms with Gasteiger partial charge in [0.05, 0.1) is 18.7 Å². The van der Waals surface area contributed by atoms with E-state index in [2.05, 4.69) is 35.6 Å². The predicted octanol–water partition coefficient (Wildman–Crippen LogP) is 3.44. The van der Waals surface area contributed by atoms with E-state index < -0.39 is 0 Å². The van der Waals surface area contributed by atoms with Gasteiger partial charge in [0.1, 0.15) is 0 Å². The fourth-order valence-electron chi connectivity index (χ4n) is 4.36. The molecule has 2 aliphatic heterocycles. The molecule has 4 nitrogen and oxygen atoms in total. The Morgan fingerprint density at radius 2 is 2.00 bits per heavy atom. The number of benzene rings is 2. The van der Waals surface area contributed by atoms with Gasteiger partial charge in [-0.25, -0.2) is 0 Å². The van der Waals surface area contributed by atoms with Crippen LogP contribution in [0.5, 0.6) is 0 Å². The molecule has 0 spiro atoms. The summed E-state index contributed by atoms with van der Waals surface area (Å²) >= 11 is 0. The number of amides is 1. The summed E-state index contributed by atoms with van der Waals surface area (Å²) in [6.07, 6.45) is 1.46. The molecule has 2 N–H and O–H groups in total. The number of nitrogens with one attached hydrogen (secondary N) is 1. The summed E-state index contributed by atoms with van der Waals surface area (Å²) in [5.41, 5.74) is 4.56. The Bertz CT molecular complexity index is 775. The molecule has 25 heavy (non-hydrogen) atoms. The zero-order chi connectivity index (χ0) is 17.4. The Hall–Kier alpha value is -2.33. The van der Waals surface area contributed by atoms with Gasteiger partial charge in [-0.05, 0) is 35.2 Å². The molecule has 0 aliphatic carbocycles. The molecule has 2 heterocycles. The summed E-state index contributed by atoms with van der Waals surface area (Å²) < 4.78 is 0. The van der Waals surface area contributed by atoms with Crippen molar-refractivity contribution in [3.63, 3.8) is 0 Å². The first kappa shape index (κ1) is 16.2. The molecule has 2 aliphatic rings. The van der Waals surface area contributed by atoms with Crippen molar-refractivity contribution in [2.24, 2.45) is 5.92 Å². The number of rotatable bonds is 3. The van der Waals surface area contributed by atoms with E-state index in [1.54, 1.807) is 0 Å². The lowest BCUT2D eigenvalue weighted by atomic mass is 9.82. The number of anilines is 1. The number of hydrogen-bond acceptors (Lipinski definition) is 3. The molecule has 3 atom stereocenters. The van der Waals surface area contributed by atoms with E-state index in [-0.39, 0.29) is 30.5 Å². The van der Waals surface area contributed by atoms with Crippen LogP contribution in [0.15, 0.2) is 48.5 Å². The highest BCUT2D eigenvalue weighted by atomic mass is 16.3. The van der Waals surface area contributed by atoms with Gasteiger partial charge in [-0.2, -0.15) is 0 Å². The number of likely N-dealkylation sites (tertiary alicyclic amines) is 1. The van der Waals surface area contributed by atoms with Crippen molar-refractivity contribution in [2.75, 3.05) is 18.5 Å². The molecule has 1 amide bonds. The number of hydrogen-bond donors (Lipinski definition) is 2. The van der Waals surface area contributed by atoms with Crippen LogP contribution in [-0.2, 0) is 4.79 Å². The largest absolute Gasteiger partial charge is 0.394 e. The summed E-state index contributed by atoms with van der Waals surface area (Å²) in [6, 6.07) is 16.8.